The Kier molecular flexibility index (Phi) is 10.0. The predicted octanol–water partition coefficient (Wildman–Crippen LogP) is 5.81. The van der Waals surface area contributed by atoms with Crippen LogP contribution in [0.15, 0.2) is 53.4 Å². The van der Waals surface area contributed by atoms with Crippen molar-refractivity contribution in [3.63, 3.8) is 0 Å². The number of carbonyl (C=O) groups is 2. The lowest BCUT2D eigenvalue weighted by atomic mass is 10.1. The second-order valence-corrected chi connectivity index (χ2v) is 9.24. The largest absolute Gasteiger partial charge is 0.352 e. The zero-order chi connectivity index (χ0) is 22.1. The molecule has 2 amide bonds. The van der Waals surface area contributed by atoms with Gasteiger partial charge in [0.25, 0.3) is 0 Å². The molecule has 0 aliphatic heterocycles. The van der Waals surface area contributed by atoms with E-state index in [9.17, 15) is 9.59 Å². The molecule has 0 saturated carbocycles. The van der Waals surface area contributed by atoms with Crippen LogP contribution in [0, 0.1) is 0 Å². The van der Waals surface area contributed by atoms with Crippen LogP contribution in [0.5, 0.6) is 0 Å². The predicted molar refractivity (Wildman–Crippen MR) is 126 cm³/mol. The second kappa shape index (κ2) is 12.2. The average Bonchev–Trinajstić information content (AvgIpc) is 2.74. The van der Waals surface area contributed by atoms with Crippen molar-refractivity contribution < 1.29 is 9.59 Å². The summed E-state index contributed by atoms with van der Waals surface area (Å²) < 4.78 is 0. The molecule has 2 atom stereocenters. The molecule has 4 nitrogen and oxygen atoms in total. The summed E-state index contributed by atoms with van der Waals surface area (Å²) in [5.74, 6) is 0.423. The molecule has 0 aliphatic rings. The maximum absolute atomic E-state index is 13.0. The summed E-state index contributed by atoms with van der Waals surface area (Å²) in [6.07, 6.45) is 1.17. The summed E-state index contributed by atoms with van der Waals surface area (Å²) in [4.78, 5) is 28.4. The summed E-state index contributed by atoms with van der Waals surface area (Å²) in [5, 5.41) is 4.30. The number of rotatable bonds is 10. The van der Waals surface area contributed by atoms with Gasteiger partial charge in [-0.3, -0.25) is 9.59 Å². The molecule has 7 heteroatoms. The van der Waals surface area contributed by atoms with Gasteiger partial charge in [0.15, 0.2) is 0 Å². The van der Waals surface area contributed by atoms with Crippen LogP contribution in [0.1, 0.15) is 39.2 Å². The highest BCUT2D eigenvalue weighted by Crippen LogP contribution is 2.22. The van der Waals surface area contributed by atoms with Crippen LogP contribution in [-0.2, 0) is 16.1 Å². The number of nitrogens with zero attached hydrogens (tertiary/aromatic N) is 1. The van der Waals surface area contributed by atoms with E-state index in [2.05, 4.69) is 5.32 Å². The molecule has 0 aromatic heterocycles. The minimum Gasteiger partial charge on any atom is -0.352 e. The Labute approximate surface area is 193 Å². The molecule has 0 saturated heterocycles. The van der Waals surface area contributed by atoms with Crippen molar-refractivity contribution in [1.29, 1.82) is 0 Å². The highest BCUT2D eigenvalue weighted by Gasteiger charge is 2.26. The number of hydrogen-bond acceptors (Lipinski definition) is 3. The normalized spacial score (nSPS) is 12.8. The van der Waals surface area contributed by atoms with Crippen LogP contribution in [0.3, 0.4) is 0 Å². The monoisotopic (exact) mass is 466 g/mol. The van der Waals surface area contributed by atoms with Crippen LogP contribution in [0.25, 0.3) is 0 Å². The van der Waals surface area contributed by atoms with E-state index in [1.54, 1.807) is 35.7 Å². The number of carbonyl (C=O) groups excluding carboxylic acids is 2. The van der Waals surface area contributed by atoms with Crippen LogP contribution in [-0.4, -0.2) is 34.6 Å². The summed E-state index contributed by atoms with van der Waals surface area (Å²) in [5.41, 5.74) is 0.932. The second-order valence-electron chi connectivity index (χ2n) is 7.19. The van der Waals surface area contributed by atoms with Crippen molar-refractivity contribution in [3.8, 4) is 0 Å². The third kappa shape index (κ3) is 7.86. The molecule has 0 radical (unpaired) electrons. The first kappa shape index (κ1) is 24.6. The van der Waals surface area contributed by atoms with Crippen molar-refractivity contribution in [2.75, 3.05) is 5.75 Å². The first-order valence-electron chi connectivity index (χ1n) is 10.0. The number of thioether (sulfide) groups is 1. The molecule has 0 spiro atoms. The van der Waals surface area contributed by atoms with Crippen LogP contribution in [0.2, 0.25) is 10.0 Å². The number of amides is 2. The Morgan fingerprint density at radius 2 is 1.57 bits per heavy atom. The van der Waals surface area contributed by atoms with Gasteiger partial charge >= 0.3 is 0 Å². The van der Waals surface area contributed by atoms with Gasteiger partial charge in [0.05, 0.1) is 0 Å². The van der Waals surface area contributed by atoms with Gasteiger partial charge in [-0.1, -0.05) is 42.3 Å². The molecule has 2 aromatic rings. The van der Waals surface area contributed by atoms with E-state index in [4.69, 9.17) is 23.2 Å². The molecular formula is C23H28Cl2N2O2S. The first-order chi connectivity index (χ1) is 14.3. The Hall–Kier alpha value is -1.69. The van der Waals surface area contributed by atoms with Gasteiger partial charge in [-0.15, -0.1) is 11.8 Å². The van der Waals surface area contributed by atoms with E-state index in [1.807, 2.05) is 50.2 Å². The molecule has 0 heterocycles. The van der Waals surface area contributed by atoms with E-state index in [1.165, 1.54) is 0 Å². The van der Waals surface area contributed by atoms with Crippen molar-refractivity contribution in [3.05, 3.63) is 64.1 Å². The molecule has 0 unspecified atom stereocenters. The third-order valence-corrected chi connectivity index (χ3v) is 6.35. The highest BCUT2D eigenvalue weighted by atomic mass is 35.5. The smallest absolute Gasteiger partial charge is 0.242 e. The molecule has 2 rings (SSSR count). The maximum atomic E-state index is 13.0. The van der Waals surface area contributed by atoms with E-state index in [0.29, 0.717) is 28.8 Å². The molecule has 30 heavy (non-hydrogen) atoms. The molecule has 2 aromatic carbocycles. The number of halogens is 2. The molecular weight excluding hydrogens is 439 g/mol. The number of hydrogen-bond donors (Lipinski definition) is 1. The Bertz CT molecular complexity index is 828. The molecule has 1 N–H and O–H groups in total. The fourth-order valence-electron chi connectivity index (χ4n) is 2.77. The molecule has 0 aliphatic carbocycles. The zero-order valence-corrected chi connectivity index (χ0v) is 19.9. The molecule has 0 bridgehead atoms. The van der Waals surface area contributed by atoms with Crippen molar-refractivity contribution >= 4 is 46.8 Å². The Morgan fingerprint density at radius 3 is 2.13 bits per heavy atom. The minimum atomic E-state index is -0.567. The van der Waals surface area contributed by atoms with Gasteiger partial charge in [-0.2, -0.15) is 0 Å². The standard InChI is InChI=1S/C23H28Cl2N2O2S/c1-4-16(2)26-23(29)17(3)27(15-18-5-7-19(24)8-6-18)22(28)13-14-30-21-11-9-20(25)10-12-21/h5-12,16-17H,4,13-15H2,1-3H3,(H,26,29)/t16-,17+/m1/s1. The van der Waals surface area contributed by atoms with Gasteiger partial charge < -0.3 is 10.2 Å². The summed E-state index contributed by atoms with van der Waals surface area (Å²) in [6, 6.07) is 14.4. The number of benzene rings is 2. The quantitative estimate of drug-likeness (QED) is 0.449. The Morgan fingerprint density at radius 1 is 1.00 bits per heavy atom. The van der Waals surface area contributed by atoms with Crippen LogP contribution < -0.4 is 5.32 Å². The van der Waals surface area contributed by atoms with Crippen molar-refractivity contribution in [1.82, 2.24) is 10.2 Å². The lowest BCUT2D eigenvalue weighted by Gasteiger charge is -2.29. The Balaban J connectivity index is 2.06. The third-order valence-electron chi connectivity index (χ3n) is 4.83. The van der Waals surface area contributed by atoms with E-state index >= 15 is 0 Å². The molecule has 162 valence electrons. The van der Waals surface area contributed by atoms with Crippen molar-refractivity contribution in [2.24, 2.45) is 0 Å². The lowest BCUT2D eigenvalue weighted by molar-refractivity contribution is -0.140. The van der Waals surface area contributed by atoms with E-state index in [0.717, 1.165) is 16.9 Å². The highest BCUT2D eigenvalue weighted by molar-refractivity contribution is 7.99. The van der Waals surface area contributed by atoms with Crippen LogP contribution >= 0.6 is 35.0 Å². The van der Waals surface area contributed by atoms with Crippen LogP contribution in [0.4, 0.5) is 0 Å². The number of nitrogens with one attached hydrogen (secondary N) is 1. The van der Waals surface area contributed by atoms with Gasteiger partial charge in [0.1, 0.15) is 6.04 Å². The SMILES string of the molecule is CC[C@@H](C)NC(=O)[C@H](C)N(Cc1ccc(Cl)cc1)C(=O)CCSc1ccc(Cl)cc1. The fourth-order valence-corrected chi connectivity index (χ4v) is 3.86. The van der Waals surface area contributed by atoms with Gasteiger partial charge in [-0.05, 0) is 62.2 Å². The van der Waals surface area contributed by atoms with Crippen molar-refractivity contribution in [2.45, 2.75) is 57.1 Å². The van der Waals surface area contributed by atoms with Gasteiger partial charge in [-0.25, -0.2) is 0 Å². The van der Waals surface area contributed by atoms with E-state index in [-0.39, 0.29) is 17.9 Å². The average molecular weight is 467 g/mol. The minimum absolute atomic E-state index is 0.0572. The topological polar surface area (TPSA) is 49.4 Å². The first-order valence-corrected chi connectivity index (χ1v) is 11.8. The van der Waals surface area contributed by atoms with Gasteiger partial charge in [0, 0.05) is 39.7 Å². The summed E-state index contributed by atoms with van der Waals surface area (Å²) >= 11 is 13.5. The summed E-state index contributed by atoms with van der Waals surface area (Å²) in [6.45, 7) is 6.10. The van der Waals surface area contributed by atoms with Gasteiger partial charge in [0.2, 0.25) is 11.8 Å². The van der Waals surface area contributed by atoms with E-state index < -0.39 is 6.04 Å². The lowest BCUT2D eigenvalue weighted by Crippen LogP contribution is -2.49. The maximum Gasteiger partial charge on any atom is 0.242 e. The molecule has 0 fully saturated rings. The zero-order valence-electron chi connectivity index (χ0n) is 17.5. The summed E-state index contributed by atoms with van der Waals surface area (Å²) in [7, 11) is 0. The fraction of sp³-hybridized carbons (Fsp3) is 0.391.